The fraction of sp³-hybridized carbons (Fsp3) is 0.455. The van der Waals surface area contributed by atoms with Crippen LogP contribution in [0.5, 0.6) is 0 Å². The zero-order valence-electron chi connectivity index (χ0n) is 8.18. The molecule has 0 fully saturated rings. The molecule has 0 aromatic heterocycles. The van der Waals surface area contributed by atoms with Gasteiger partial charge >= 0.3 is 0 Å². The van der Waals surface area contributed by atoms with E-state index in [1.807, 2.05) is 12.1 Å². The number of benzene rings is 1. The molecule has 0 aliphatic carbocycles. The second-order valence-electron chi connectivity index (χ2n) is 3.56. The number of halogens is 3. The van der Waals surface area contributed by atoms with Crippen LogP contribution in [0, 0.1) is 0 Å². The van der Waals surface area contributed by atoms with Crippen molar-refractivity contribution in [1.29, 1.82) is 0 Å². The van der Waals surface area contributed by atoms with E-state index in [0.29, 0.717) is 11.5 Å². The molecule has 78 valence electrons. The van der Waals surface area contributed by atoms with Gasteiger partial charge in [-0.05, 0) is 17.0 Å². The Morgan fingerprint density at radius 3 is 1.79 bits per heavy atom. The summed E-state index contributed by atoms with van der Waals surface area (Å²) in [4.78, 5) is 0. The minimum atomic E-state index is -2.51. The summed E-state index contributed by atoms with van der Waals surface area (Å²) in [5.41, 5.74) is 1.61. The fourth-order valence-corrected chi connectivity index (χ4v) is 1.36. The lowest BCUT2D eigenvalue weighted by atomic mass is 10.0. The average molecular weight is 219 g/mol. The second-order valence-corrected chi connectivity index (χ2v) is 4.03. The molecule has 0 bridgehead atoms. The Bertz CT molecular complexity index is 280. The normalized spacial score (nSPS) is 13.6. The molecule has 14 heavy (non-hydrogen) atoms. The molecule has 3 heteroatoms. The predicted octanol–water partition coefficient (Wildman–Crippen LogP) is 4.36. The van der Waals surface area contributed by atoms with Crippen molar-refractivity contribution in [1.82, 2.24) is 0 Å². The lowest BCUT2D eigenvalue weighted by Crippen LogP contribution is -2.02. The highest BCUT2D eigenvalue weighted by Crippen LogP contribution is 2.28. The smallest absolute Gasteiger partial charge is 0.208 e. The summed E-state index contributed by atoms with van der Waals surface area (Å²) in [6, 6.07) is 7.02. The highest BCUT2D eigenvalue weighted by Gasteiger charge is 2.18. The maximum Gasteiger partial charge on any atom is 0.258 e. The largest absolute Gasteiger partial charge is 0.258 e. The van der Waals surface area contributed by atoms with Crippen molar-refractivity contribution in [3.05, 3.63) is 35.4 Å². The van der Waals surface area contributed by atoms with Crippen molar-refractivity contribution in [2.45, 2.75) is 31.6 Å². The van der Waals surface area contributed by atoms with Crippen LogP contribution in [0.1, 0.15) is 36.3 Å². The van der Waals surface area contributed by atoms with Gasteiger partial charge in [0.2, 0.25) is 0 Å². The molecule has 0 saturated carbocycles. The SMILES string of the molecule is CC(C)c1ccc(C(Cl)C(F)F)cc1. The molecule has 0 heterocycles. The van der Waals surface area contributed by atoms with Gasteiger partial charge in [0.25, 0.3) is 6.43 Å². The minimum absolute atomic E-state index is 0.407. The van der Waals surface area contributed by atoms with Crippen LogP contribution in [0.3, 0.4) is 0 Å². The van der Waals surface area contributed by atoms with Gasteiger partial charge < -0.3 is 0 Å². The van der Waals surface area contributed by atoms with Crippen molar-refractivity contribution in [3.8, 4) is 0 Å². The number of hydrogen-bond acceptors (Lipinski definition) is 0. The first-order chi connectivity index (χ1) is 6.52. The van der Waals surface area contributed by atoms with E-state index in [9.17, 15) is 8.78 Å². The van der Waals surface area contributed by atoms with E-state index >= 15 is 0 Å². The molecule has 0 N–H and O–H groups in total. The van der Waals surface area contributed by atoms with Gasteiger partial charge in [0.1, 0.15) is 5.38 Å². The first-order valence-corrected chi connectivity index (χ1v) is 4.98. The Hall–Kier alpha value is -0.630. The molecule has 0 saturated heterocycles. The molecule has 0 spiro atoms. The van der Waals surface area contributed by atoms with Gasteiger partial charge in [0.15, 0.2) is 0 Å². The van der Waals surface area contributed by atoms with Crippen molar-refractivity contribution < 1.29 is 8.78 Å². The molecule has 0 aliphatic heterocycles. The number of hydrogen-bond donors (Lipinski definition) is 0. The Morgan fingerprint density at radius 1 is 1.00 bits per heavy atom. The summed E-state index contributed by atoms with van der Waals surface area (Å²) in [5.74, 6) is 0.407. The molecule has 1 aromatic carbocycles. The van der Waals surface area contributed by atoms with E-state index in [0.717, 1.165) is 5.56 Å². The van der Waals surface area contributed by atoms with Crippen LogP contribution in [0.25, 0.3) is 0 Å². The lowest BCUT2D eigenvalue weighted by Gasteiger charge is -2.10. The molecule has 1 atom stereocenters. The lowest BCUT2D eigenvalue weighted by molar-refractivity contribution is 0.143. The van der Waals surface area contributed by atoms with Crippen LogP contribution in [-0.4, -0.2) is 6.43 Å². The van der Waals surface area contributed by atoms with Crippen molar-refractivity contribution in [3.63, 3.8) is 0 Å². The summed E-state index contributed by atoms with van der Waals surface area (Å²) in [5, 5.41) is -1.20. The zero-order valence-corrected chi connectivity index (χ0v) is 8.93. The minimum Gasteiger partial charge on any atom is -0.208 e. The molecule has 0 amide bonds. The van der Waals surface area contributed by atoms with Crippen molar-refractivity contribution in [2.24, 2.45) is 0 Å². The first-order valence-electron chi connectivity index (χ1n) is 4.54. The highest BCUT2D eigenvalue weighted by atomic mass is 35.5. The molecule has 0 aliphatic rings. The quantitative estimate of drug-likeness (QED) is 0.662. The summed E-state index contributed by atoms with van der Waals surface area (Å²) < 4.78 is 24.5. The van der Waals surface area contributed by atoms with Gasteiger partial charge in [-0.1, -0.05) is 38.1 Å². The Kier molecular flexibility index (Phi) is 3.87. The third kappa shape index (κ3) is 2.68. The van der Waals surface area contributed by atoms with Gasteiger partial charge in [-0.15, -0.1) is 11.6 Å². The Morgan fingerprint density at radius 2 is 1.43 bits per heavy atom. The molecule has 0 nitrogen and oxygen atoms in total. The summed E-state index contributed by atoms with van der Waals surface area (Å²) in [6.07, 6.45) is -2.51. The standard InChI is InChI=1S/C11H13ClF2/c1-7(2)8-3-5-9(6-4-8)10(12)11(13)14/h3-7,10-11H,1-2H3. The van der Waals surface area contributed by atoms with Gasteiger partial charge in [0, 0.05) is 0 Å². The van der Waals surface area contributed by atoms with E-state index in [-0.39, 0.29) is 0 Å². The van der Waals surface area contributed by atoms with Gasteiger partial charge in [0.05, 0.1) is 0 Å². The van der Waals surface area contributed by atoms with Crippen molar-refractivity contribution in [2.75, 3.05) is 0 Å². The summed E-state index contributed by atoms with van der Waals surface area (Å²) >= 11 is 5.52. The van der Waals surface area contributed by atoms with Gasteiger partial charge in [-0.25, -0.2) is 8.78 Å². The monoisotopic (exact) mass is 218 g/mol. The van der Waals surface area contributed by atoms with Crippen LogP contribution in [0.2, 0.25) is 0 Å². The van der Waals surface area contributed by atoms with Crippen LogP contribution >= 0.6 is 11.6 Å². The fourth-order valence-electron chi connectivity index (χ4n) is 1.21. The van der Waals surface area contributed by atoms with Crippen LogP contribution in [-0.2, 0) is 0 Å². The topological polar surface area (TPSA) is 0 Å². The third-order valence-corrected chi connectivity index (χ3v) is 2.59. The van der Waals surface area contributed by atoms with Crippen LogP contribution < -0.4 is 0 Å². The summed E-state index contributed by atoms with van der Waals surface area (Å²) in [6.45, 7) is 4.11. The number of alkyl halides is 3. The molecular weight excluding hydrogens is 206 g/mol. The second kappa shape index (κ2) is 4.74. The molecule has 0 radical (unpaired) electrons. The summed E-state index contributed by atoms with van der Waals surface area (Å²) in [7, 11) is 0. The maximum absolute atomic E-state index is 12.2. The predicted molar refractivity (Wildman–Crippen MR) is 55.1 cm³/mol. The third-order valence-electron chi connectivity index (χ3n) is 2.14. The van der Waals surface area contributed by atoms with E-state index < -0.39 is 11.8 Å². The first kappa shape index (κ1) is 11.4. The maximum atomic E-state index is 12.2. The highest BCUT2D eigenvalue weighted by molar-refractivity contribution is 6.21. The Balaban J connectivity index is 2.83. The van der Waals surface area contributed by atoms with E-state index in [1.165, 1.54) is 0 Å². The van der Waals surface area contributed by atoms with E-state index in [2.05, 4.69) is 13.8 Å². The van der Waals surface area contributed by atoms with Crippen LogP contribution in [0.15, 0.2) is 24.3 Å². The molecule has 1 rings (SSSR count). The van der Waals surface area contributed by atoms with Gasteiger partial charge in [-0.2, -0.15) is 0 Å². The Labute approximate surface area is 87.9 Å². The van der Waals surface area contributed by atoms with Gasteiger partial charge in [-0.3, -0.25) is 0 Å². The number of rotatable bonds is 3. The molecular formula is C11H13ClF2. The molecule has 1 aromatic rings. The molecule has 1 unspecified atom stereocenters. The zero-order chi connectivity index (χ0) is 10.7. The van der Waals surface area contributed by atoms with Crippen molar-refractivity contribution >= 4 is 11.6 Å². The van der Waals surface area contributed by atoms with E-state index in [1.54, 1.807) is 12.1 Å². The van der Waals surface area contributed by atoms with E-state index in [4.69, 9.17) is 11.6 Å². The van der Waals surface area contributed by atoms with Crippen LogP contribution in [0.4, 0.5) is 8.78 Å². The average Bonchev–Trinajstić information content (AvgIpc) is 2.16.